The molecule has 0 radical (unpaired) electrons. The van der Waals surface area contributed by atoms with Crippen LogP contribution >= 0.6 is 22.9 Å². The summed E-state index contributed by atoms with van der Waals surface area (Å²) in [6.45, 7) is 2.54. The van der Waals surface area contributed by atoms with Gasteiger partial charge in [0.2, 0.25) is 0 Å². The molecule has 1 aromatic heterocycles. The number of benzene rings is 1. The highest BCUT2D eigenvalue weighted by molar-refractivity contribution is 7.10. The van der Waals surface area contributed by atoms with Gasteiger partial charge in [-0.15, -0.1) is 21.5 Å². The van der Waals surface area contributed by atoms with Crippen molar-refractivity contribution in [3.63, 3.8) is 0 Å². The lowest BCUT2D eigenvalue weighted by atomic mass is 10.0. The molecule has 1 aliphatic heterocycles. The van der Waals surface area contributed by atoms with E-state index in [9.17, 15) is 14.9 Å². The lowest BCUT2D eigenvalue weighted by Crippen LogP contribution is -2.40. The summed E-state index contributed by atoms with van der Waals surface area (Å²) in [6, 6.07) is 8.53. The largest absolute Gasteiger partial charge is 0.459 e. The van der Waals surface area contributed by atoms with Crippen molar-refractivity contribution in [1.29, 1.82) is 0 Å². The summed E-state index contributed by atoms with van der Waals surface area (Å²) in [7, 11) is 0. The first-order valence-electron chi connectivity index (χ1n) is 8.47. The molecule has 27 heavy (non-hydrogen) atoms. The highest BCUT2D eigenvalue weighted by Crippen LogP contribution is 2.34. The Balaban J connectivity index is 1.81. The average Bonchev–Trinajstić information content (AvgIpc) is 3.09. The molecule has 144 valence electrons. The topological polar surface area (TPSA) is 81.9 Å². The van der Waals surface area contributed by atoms with Crippen LogP contribution in [0.1, 0.15) is 29.0 Å². The molecule has 0 fully saturated rings. The molecule has 0 saturated heterocycles. The molecule has 1 aromatic carbocycles. The van der Waals surface area contributed by atoms with Crippen LogP contribution in [0.3, 0.4) is 0 Å². The van der Waals surface area contributed by atoms with E-state index in [4.69, 9.17) is 16.3 Å². The molecule has 3 rings (SSSR count). The van der Waals surface area contributed by atoms with E-state index < -0.39 is 23.2 Å². The summed E-state index contributed by atoms with van der Waals surface area (Å²) in [5.41, 5.74) is 1.85. The number of halogens is 1. The van der Waals surface area contributed by atoms with Gasteiger partial charge >= 0.3 is 5.97 Å². The fourth-order valence-corrected chi connectivity index (χ4v) is 4.25. The number of rotatable bonds is 7. The number of ether oxygens (including phenoxy) is 1. The Morgan fingerprint density at radius 1 is 1.41 bits per heavy atom. The first-order valence-corrected chi connectivity index (χ1v) is 9.73. The van der Waals surface area contributed by atoms with E-state index in [1.165, 1.54) is 10.4 Å². The van der Waals surface area contributed by atoms with Crippen LogP contribution in [0.4, 0.5) is 0 Å². The minimum absolute atomic E-state index is 0.317. The summed E-state index contributed by atoms with van der Waals surface area (Å²) in [6.07, 6.45) is 0.0932. The highest BCUT2D eigenvalue weighted by Gasteiger charge is 2.34. The van der Waals surface area contributed by atoms with Gasteiger partial charge in [0.15, 0.2) is 0 Å². The summed E-state index contributed by atoms with van der Waals surface area (Å²) < 4.78 is 5.43. The molecule has 0 N–H and O–H groups in total. The summed E-state index contributed by atoms with van der Waals surface area (Å²) >= 11 is 8.07. The molecule has 2 aromatic rings. The normalized spacial score (nSPS) is 16.2. The van der Waals surface area contributed by atoms with Crippen LogP contribution in [-0.2, 0) is 27.3 Å². The van der Waals surface area contributed by atoms with E-state index in [2.05, 4.69) is 10.9 Å². The van der Waals surface area contributed by atoms with Crippen LogP contribution in [0.15, 0.2) is 35.7 Å². The van der Waals surface area contributed by atoms with Gasteiger partial charge in [-0.25, -0.2) is 4.79 Å². The van der Waals surface area contributed by atoms with Crippen molar-refractivity contribution >= 4 is 28.9 Å². The molecule has 9 heteroatoms. The molecular formula is C18H19ClN2O5S. The molecule has 7 nitrogen and oxygen atoms in total. The van der Waals surface area contributed by atoms with Gasteiger partial charge < -0.3 is 9.57 Å². The molecule has 0 spiro atoms. The van der Waals surface area contributed by atoms with Crippen molar-refractivity contribution in [1.82, 2.24) is 4.90 Å². The average molecular weight is 411 g/mol. The van der Waals surface area contributed by atoms with Crippen molar-refractivity contribution in [3.8, 4) is 0 Å². The molecule has 2 atom stereocenters. The third kappa shape index (κ3) is 4.77. The number of nitrogens with zero attached hydrogens (tertiary/aromatic N) is 2. The predicted molar refractivity (Wildman–Crippen MR) is 101 cm³/mol. The van der Waals surface area contributed by atoms with Crippen LogP contribution in [0.25, 0.3) is 0 Å². The monoisotopic (exact) mass is 410 g/mol. The third-order valence-corrected chi connectivity index (χ3v) is 5.72. The first kappa shape index (κ1) is 19.6. The zero-order valence-corrected chi connectivity index (χ0v) is 16.2. The van der Waals surface area contributed by atoms with Gasteiger partial charge in [0.05, 0.1) is 0 Å². The Morgan fingerprint density at radius 3 is 2.93 bits per heavy atom. The van der Waals surface area contributed by atoms with Crippen molar-refractivity contribution in [3.05, 3.63) is 66.9 Å². The molecule has 0 amide bonds. The zero-order valence-electron chi connectivity index (χ0n) is 14.7. The summed E-state index contributed by atoms with van der Waals surface area (Å²) in [4.78, 5) is 31.0. The fraction of sp³-hybridized carbons (Fsp3) is 0.389. The minimum atomic E-state index is -0.904. The van der Waals surface area contributed by atoms with Crippen molar-refractivity contribution in [2.75, 3.05) is 13.2 Å². The number of thiophene rings is 1. The first-order chi connectivity index (χ1) is 13.0. The lowest BCUT2D eigenvalue weighted by molar-refractivity contribution is -0.759. The number of carbonyl (C=O) groups excluding carboxylic acids is 1. The van der Waals surface area contributed by atoms with E-state index in [1.807, 2.05) is 16.3 Å². The van der Waals surface area contributed by atoms with Gasteiger partial charge in [0.1, 0.15) is 18.8 Å². The number of esters is 1. The Bertz CT molecular complexity index is 828. The predicted octanol–water partition coefficient (Wildman–Crippen LogP) is 3.64. The zero-order chi connectivity index (χ0) is 19.4. The maximum Gasteiger partial charge on any atom is 0.328 e. The molecular weight excluding hydrogens is 392 g/mol. The Hall–Kier alpha value is -2.16. The van der Waals surface area contributed by atoms with Gasteiger partial charge in [0, 0.05) is 23.0 Å². The van der Waals surface area contributed by atoms with Crippen LogP contribution in [0.5, 0.6) is 0 Å². The molecule has 2 unspecified atom stereocenters. The van der Waals surface area contributed by atoms with Gasteiger partial charge in [-0.2, -0.15) is 0 Å². The van der Waals surface area contributed by atoms with Crippen LogP contribution in [-0.4, -0.2) is 35.2 Å². The fourth-order valence-electron chi connectivity index (χ4n) is 3.12. The van der Waals surface area contributed by atoms with Crippen LogP contribution in [0.2, 0.25) is 5.02 Å². The Kier molecular flexibility index (Phi) is 6.30. The number of carbonyl (C=O) groups is 1. The second kappa shape index (κ2) is 8.69. The standard InChI is InChI=1S/C18H19ClN2O5S/c1-12(11-25-21(23)24)26-18(22)17(14-4-2-3-5-15(14)19)20-8-6-16-13(10-20)7-9-27-16/h2-5,7,9,12,17H,6,8,10-11H2,1H3. The van der Waals surface area contributed by atoms with Gasteiger partial charge in [0.25, 0.3) is 5.09 Å². The van der Waals surface area contributed by atoms with Crippen LogP contribution in [0, 0.1) is 10.1 Å². The van der Waals surface area contributed by atoms with Crippen molar-refractivity contribution < 1.29 is 19.5 Å². The number of fused-ring (bicyclic) bond motifs is 1. The Labute approximate surface area is 165 Å². The Morgan fingerprint density at radius 2 is 2.19 bits per heavy atom. The van der Waals surface area contributed by atoms with Crippen molar-refractivity contribution in [2.45, 2.75) is 32.0 Å². The molecule has 0 aliphatic carbocycles. The number of hydrogen-bond donors (Lipinski definition) is 0. The van der Waals surface area contributed by atoms with Crippen LogP contribution < -0.4 is 0 Å². The maximum absolute atomic E-state index is 13.0. The van der Waals surface area contributed by atoms with E-state index in [0.717, 1.165) is 6.42 Å². The smallest absolute Gasteiger partial charge is 0.328 e. The van der Waals surface area contributed by atoms with Gasteiger partial charge in [-0.3, -0.25) is 4.90 Å². The minimum Gasteiger partial charge on any atom is -0.459 e. The van der Waals surface area contributed by atoms with E-state index in [-0.39, 0.29) is 6.61 Å². The SMILES string of the molecule is CC(CO[N+](=O)[O-])OC(=O)C(c1ccccc1Cl)N1CCc2sccc2C1. The summed E-state index contributed by atoms with van der Waals surface area (Å²) in [5, 5.41) is 12.0. The molecule has 0 bridgehead atoms. The van der Waals surface area contributed by atoms with Gasteiger partial charge in [-0.05, 0) is 42.0 Å². The van der Waals surface area contributed by atoms with E-state index in [0.29, 0.717) is 23.7 Å². The van der Waals surface area contributed by atoms with Crippen molar-refractivity contribution in [2.24, 2.45) is 0 Å². The van der Waals surface area contributed by atoms with E-state index in [1.54, 1.807) is 36.5 Å². The quantitative estimate of drug-likeness (QED) is 0.393. The molecule has 2 heterocycles. The van der Waals surface area contributed by atoms with E-state index >= 15 is 0 Å². The molecule has 0 saturated carbocycles. The second-order valence-electron chi connectivity index (χ2n) is 6.28. The maximum atomic E-state index is 13.0. The third-order valence-electron chi connectivity index (χ3n) is 4.36. The summed E-state index contributed by atoms with van der Waals surface area (Å²) in [5.74, 6) is -0.499. The molecule has 1 aliphatic rings. The second-order valence-corrected chi connectivity index (χ2v) is 7.69. The lowest BCUT2D eigenvalue weighted by Gasteiger charge is -2.34. The van der Waals surface area contributed by atoms with Gasteiger partial charge in [-0.1, -0.05) is 29.8 Å². The highest BCUT2D eigenvalue weighted by atomic mass is 35.5. The number of hydrogen-bond acceptors (Lipinski definition) is 7.